The highest BCUT2D eigenvalue weighted by atomic mass is 32.3. The number of epoxide rings is 1. The van der Waals surface area contributed by atoms with Crippen LogP contribution >= 0.6 is 0 Å². The third-order valence-corrected chi connectivity index (χ3v) is 5.40. The van der Waals surface area contributed by atoms with E-state index < -0.39 is 28.9 Å². The largest absolute Gasteiger partial charge is 0.462 e. The molecule has 1 aromatic rings. The van der Waals surface area contributed by atoms with E-state index in [9.17, 15) is 13.2 Å². The fourth-order valence-corrected chi connectivity index (χ4v) is 4.11. The number of hydrogen-bond acceptors (Lipinski definition) is 7. The van der Waals surface area contributed by atoms with Gasteiger partial charge in [0.15, 0.2) is 0 Å². The average Bonchev–Trinajstić information content (AvgIpc) is 3.31. The molecule has 1 aromatic carbocycles. The van der Waals surface area contributed by atoms with Crippen molar-refractivity contribution in [1.29, 1.82) is 0 Å². The molecule has 8 nitrogen and oxygen atoms in total. The first-order chi connectivity index (χ1) is 11.9. The summed E-state index contributed by atoms with van der Waals surface area (Å²) in [6.07, 6.45) is 1.55. The van der Waals surface area contributed by atoms with E-state index in [-0.39, 0.29) is 30.4 Å². The summed E-state index contributed by atoms with van der Waals surface area (Å²) in [5, 5.41) is 3.45. The van der Waals surface area contributed by atoms with Crippen molar-refractivity contribution in [2.45, 2.75) is 49.2 Å². The van der Waals surface area contributed by atoms with Crippen LogP contribution in [0, 0.1) is 0 Å². The topological polar surface area (TPSA) is 114 Å². The van der Waals surface area contributed by atoms with Crippen molar-refractivity contribution >= 4 is 16.4 Å². The van der Waals surface area contributed by atoms with Crippen molar-refractivity contribution in [3.05, 3.63) is 35.9 Å². The second-order valence-corrected chi connectivity index (χ2v) is 7.74. The van der Waals surface area contributed by atoms with Crippen LogP contribution in [-0.2, 0) is 28.9 Å². The lowest BCUT2D eigenvalue weighted by Gasteiger charge is -2.31. The number of hydrogen-bond donors (Lipinski definition) is 2. The minimum absolute atomic E-state index is 0.200. The van der Waals surface area contributed by atoms with E-state index in [0.29, 0.717) is 18.4 Å². The molecule has 0 radical (unpaired) electrons. The molecule has 0 aliphatic carbocycles. The van der Waals surface area contributed by atoms with E-state index >= 15 is 0 Å². The van der Waals surface area contributed by atoms with E-state index in [1.165, 1.54) is 0 Å². The molecule has 3 heterocycles. The predicted octanol–water partition coefficient (Wildman–Crippen LogP) is 0.403. The van der Waals surface area contributed by atoms with Crippen LogP contribution in [0.25, 0.3) is 0 Å². The Morgan fingerprint density at radius 1 is 1.24 bits per heavy atom. The molecule has 0 amide bonds. The fourth-order valence-electron chi connectivity index (χ4n) is 3.80. The number of benzene rings is 1. The zero-order valence-corrected chi connectivity index (χ0v) is 14.1. The minimum Gasteiger partial charge on any atom is -0.462 e. The van der Waals surface area contributed by atoms with Crippen LogP contribution in [0.15, 0.2) is 30.3 Å². The maximum Gasteiger partial charge on any atom is 0.397 e. The molecule has 6 atom stereocenters. The van der Waals surface area contributed by atoms with Crippen molar-refractivity contribution in [1.82, 2.24) is 5.32 Å². The van der Waals surface area contributed by atoms with Gasteiger partial charge >= 0.3 is 16.4 Å². The second kappa shape index (κ2) is 6.33. The van der Waals surface area contributed by atoms with Gasteiger partial charge in [0.2, 0.25) is 0 Å². The molecule has 2 bridgehead atoms. The molecular weight excluding hydrogens is 350 g/mol. The first-order valence-corrected chi connectivity index (χ1v) is 9.56. The van der Waals surface area contributed by atoms with Crippen LogP contribution in [-0.4, -0.2) is 55.9 Å². The maximum atomic E-state index is 12.6. The number of carbonyl (C=O) groups is 1. The quantitative estimate of drug-likeness (QED) is 0.421. The van der Waals surface area contributed by atoms with Crippen molar-refractivity contribution < 1.29 is 31.4 Å². The van der Waals surface area contributed by atoms with Gasteiger partial charge in [-0.25, -0.2) is 4.18 Å². The summed E-state index contributed by atoms with van der Waals surface area (Å²) in [4.78, 5) is 12.6. The number of carbonyl (C=O) groups excluding carboxylic acids is 1. The molecule has 136 valence electrons. The summed E-state index contributed by atoms with van der Waals surface area (Å²) in [6, 6.07) is 9.03. The van der Waals surface area contributed by atoms with Gasteiger partial charge < -0.3 is 14.8 Å². The Labute approximate surface area is 145 Å². The van der Waals surface area contributed by atoms with Crippen molar-refractivity contribution in [3.8, 4) is 0 Å². The van der Waals surface area contributed by atoms with Crippen molar-refractivity contribution in [2.75, 3.05) is 6.61 Å². The lowest BCUT2D eigenvalue weighted by atomic mass is 9.98. The monoisotopic (exact) mass is 369 g/mol. The maximum absolute atomic E-state index is 12.6. The molecule has 0 saturated carbocycles. The number of piperidine rings is 1. The van der Waals surface area contributed by atoms with Crippen LogP contribution in [0.5, 0.6) is 0 Å². The van der Waals surface area contributed by atoms with Gasteiger partial charge in [-0.1, -0.05) is 30.3 Å². The summed E-state index contributed by atoms with van der Waals surface area (Å²) in [7, 11) is -4.64. The lowest BCUT2D eigenvalue weighted by Crippen LogP contribution is -2.47. The summed E-state index contributed by atoms with van der Waals surface area (Å²) >= 11 is 0. The molecule has 3 aliphatic heterocycles. The van der Waals surface area contributed by atoms with Gasteiger partial charge in [-0.2, -0.15) is 8.42 Å². The molecular formula is C16H19NO7S. The van der Waals surface area contributed by atoms with Crippen LogP contribution in [0.3, 0.4) is 0 Å². The standard InChI is InChI=1S/C16H19NO7S/c18-16(23-10-6-12-14-15(24-14)13(7-10)17-12)11(8-22-25(19,20)21)9-4-2-1-3-5-9/h1-5,10-15,17H,6-8H2,(H,19,20,21)/t10?,11?,12-,13+,14-,15+. The van der Waals surface area contributed by atoms with Gasteiger partial charge in [0.25, 0.3) is 0 Å². The highest BCUT2D eigenvalue weighted by Gasteiger charge is 2.59. The molecule has 2 unspecified atom stereocenters. The van der Waals surface area contributed by atoms with Crippen LogP contribution < -0.4 is 5.32 Å². The Bertz CT molecular complexity index is 737. The van der Waals surface area contributed by atoms with Crippen LogP contribution in [0.4, 0.5) is 0 Å². The SMILES string of the molecule is O=C(OC1C[C@@H]2N[C@H](C1)[C@H]1O[C@H]12)C(COS(=O)(=O)O)c1ccccc1. The third kappa shape index (κ3) is 3.70. The number of esters is 1. The molecule has 3 saturated heterocycles. The summed E-state index contributed by atoms with van der Waals surface area (Å²) in [5.74, 6) is -1.49. The molecule has 0 aromatic heterocycles. The Kier molecular flexibility index (Phi) is 4.28. The molecule has 3 fully saturated rings. The normalized spacial score (nSPS) is 34.2. The van der Waals surface area contributed by atoms with Gasteiger partial charge in [0, 0.05) is 24.9 Å². The molecule has 0 spiro atoms. The van der Waals surface area contributed by atoms with Crippen LogP contribution in [0.1, 0.15) is 24.3 Å². The van der Waals surface area contributed by atoms with Crippen molar-refractivity contribution in [3.63, 3.8) is 0 Å². The summed E-state index contributed by atoms with van der Waals surface area (Å²) in [6.45, 7) is -0.506. The Balaban J connectivity index is 1.44. The highest BCUT2D eigenvalue weighted by Crippen LogP contribution is 2.43. The Hall–Kier alpha value is -1.52. The van der Waals surface area contributed by atoms with E-state index in [1.807, 2.05) is 0 Å². The summed E-state index contributed by atoms with van der Waals surface area (Å²) < 4.78 is 46.2. The first kappa shape index (κ1) is 16.9. The molecule has 25 heavy (non-hydrogen) atoms. The number of rotatable bonds is 6. The van der Waals surface area contributed by atoms with Gasteiger partial charge in [-0.15, -0.1) is 0 Å². The summed E-state index contributed by atoms with van der Waals surface area (Å²) in [5.41, 5.74) is 0.569. The fraction of sp³-hybridized carbons (Fsp3) is 0.562. The predicted molar refractivity (Wildman–Crippen MR) is 85.2 cm³/mol. The molecule has 9 heteroatoms. The van der Waals surface area contributed by atoms with E-state index in [1.54, 1.807) is 30.3 Å². The van der Waals surface area contributed by atoms with E-state index in [0.717, 1.165) is 0 Å². The zero-order chi connectivity index (χ0) is 17.6. The van der Waals surface area contributed by atoms with Crippen LogP contribution in [0.2, 0.25) is 0 Å². The van der Waals surface area contributed by atoms with Gasteiger partial charge in [-0.3, -0.25) is 9.35 Å². The number of nitrogens with one attached hydrogen (secondary N) is 1. The third-order valence-electron chi connectivity index (χ3n) is 4.97. The van der Waals surface area contributed by atoms with E-state index in [2.05, 4.69) is 9.50 Å². The average molecular weight is 369 g/mol. The first-order valence-electron chi connectivity index (χ1n) is 8.19. The molecule has 2 N–H and O–H groups in total. The van der Waals surface area contributed by atoms with Gasteiger partial charge in [0.05, 0.1) is 6.61 Å². The van der Waals surface area contributed by atoms with Crippen molar-refractivity contribution in [2.24, 2.45) is 0 Å². The lowest BCUT2D eigenvalue weighted by molar-refractivity contribution is -0.154. The molecule has 3 aliphatic rings. The molecule has 4 rings (SSSR count). The van der Waals surface area contributed by atoms with Gasteiger partial charge in [0.1, 0.15) is 24.2 Å². The number of morpholine rings is 1. The number of ether oxygens (including phenoxy) is 2. The van der Waals surface area contributed by atoms with Gasteiger partial charge in [-0.05, 0) is 5.56 Å². The zero-order valence-electron chi connectivity index (χ0n) is 13.3. The van der Waals surface area contributed by atoms with E-state index in [4.69, 9.17) is 14.0 Å². The smallest absolute Gasteiger partial charge is 0.397 e. The highest BCUT2D eigenvalue weighted by molar-refractivity contribution is 7.80. The Morgan fingerprint density at radius 2 is 1.88 bits per heavy atom. The number of fused-ring (bicyclic) bond motifs is 5. The minimum atomic E-state index is -4.64. The second-order valence-electron chi connectivity index (χ2n) is 6.65. The Morgan fingerprint density at radius 3 is 2.48 bits per heavy atom.